The molecule has 0 spiro atoms. The SMILES string of the molecule is CC(C)CC1(C)CCCC(O)C1. The number of hydrogen-bond acceptors (Lipinski definition) is 1. The predicted octanol–water partition coefficient (Wildman–Crippen LogP) is 2.97. The van der Waals surface area contributed by atoms with Crippen LogP contribution in [0.4, 0.5) is 0 Å². The Hall–Kier alpha value is -0.0400. The molecule has 1 saturated carbocycles. The molecule has 1 aliphatic rings. The lowest BCUT2D eigenvalue weighted by atomic mass is 9.70. The molecule has 2 unspecified atom stereocenters. The van der Waals surface area contributed by atoms with E-state index in [1.165, 1.54) is 19.3 Å². The average molecular weight is 170 g/mol. The third kappa shape index (κ3) is 2.78. The molecule has 1 N–H and O–H groups in total. The molecule has 1 aliphatic carbocycles. The van der Waals surface area contributed by atoms with Crippen LogP contribution >= 0.6 is 0 Å². The van der Waals surface area contributed by atoms with Crippen LogP contribution in [0.1, 0.15) is 52.9 Å². The van der Waals surface area contributed by atoms with E-state index in [9.17, 15) is 5.11 Å². The van der Waals surface area contributed by atoms with E-state index in [-0.39, 0.29) is 6.10 Å². The largest absolute Gasteiger partial charge is 0.393 e. The van der Waals surface area contributed by atoms with Crippen molar-refractivity contribution < 1.29 is 5.11 Å². The van der Waals surface area contributed by atoms with Gasteiger partial charge >= 0.3 is 0 Å². The molecule has 2 atom stereocenters. The molecular weight excluding hydrogens is 148 g/mol. The molecule has 0 aromatic carbocycles. The minimum Gasteiger partial charge on any atom is -0.393 e. The molecule has 0 amide bonds. The smallest absolute Gasteiger partial charge is 0.0545 e. The molecule has 12 heavy (non-hydrogen) atoms. The summed E-state index contributed by atoms with van der Waals surface area (Å²) in [5.41, 5.74) is 0.422. The molecule has 0 bridgehead atoms. The van der Waals surface area contributed by atoms with Crippen molar-refractivity contribution in [2.75, 3.05) is 0 Å². The zero-order valence-electron chi connectivity index (χ0n) is 8.64. The van der Waals surface area contributed by atoms with Gasteiger partial charge in [0.1, 0.15) is 0 Å². The van der Waals surface area contributed by atoms with E-state index in [1.54, 1.807) is 0 Å². The quantitative estimate of drug-likeness (QED) is 0.675. The Bertz CT molecular complexity index is 138. The molecule has 0 aromatic rings. The first-order valence-electron chi connectivity index (χ1n) is 5.20. The predicted molar refractivity (Wildman–Crippen MR) is 52.0 cm³/mol. The van der Waals surface area contributed by atoms with Crippen LogP contribution in [0.25, 0.3) is 0 Å². The minimum atomic E-state index is -0.0255. The van der Waals surface area contributed by atoms with Crippen LogP contribution in [0.5, 0.6) is 0 Å². The van der Waals surface area contributed by atoms with E-state index in [2.05, 4.69) is 20.8 Å². The summed E-state index contributed by atoms with van der Waals surface area (Å²) in [5, 5.41) is 9.56. The number of hydrogen-bond donors (Lipinski definition) is 1. The molecule has 1 heteroatoms. The van der Waals surface area contributed by atoms with Gasteiger partial charge in [0.05, 0.1) is 6.10 Å². The number of aliphatic hydroxyl groups excluding tert-OH is 1. The van der Waals surface area contributed by atoms with E-state index < -0.39 is 0 Å². The van der Waals surface area contributed by atoms with Gasteiger partial charge in [-0.1, -0.05) is 27.2 Å². The lowest BCUT2D eigenvalue weighted by Gasteiger charge is -2.37. The average Bonchev–Trinajstić information content (AvgIpc) is 1.82. The van der Waals surface area contributed by atoms with Gasteiger partial charge in [-0.2, -0.15) is 0 Å². The molecule has 0 saturated heterocycles. The lowest BCUT2D eigenvalue weighted by molar-refractivity contribution is 0.0449. The summed E-state index contributed by atoms with van der Waals surface area (Å²) in [6.07, 6.45) is 5.80. The fraction of sp³-hybridized carbons (Fsp3) is 1.00. The Balaban J connectivity index is 2.45. The van der Waals surface area contributed by atoms with E-state index >= 15 is 0 Å². The van der Waals surface area contributed by atoms with E-state index in [4.69, 9.17) is 0 Å². The topological polar surface area (TPSA) is 20.2 Å². The minimum absolute atomic E-state index is 0.0255. The third-order valence-electron chi connectivity index (χ3n) is 2.95. The maximum atomic E-state index is 9.56. The number of aliphatic hydroxyl groups is 1. The van der Waals surface area contributed by atoms with Crippen LogP contribution in [0.3, 0.4) is 0 Å². The Morgan fingerprint density at radius 2 is 2.17 bits per heavy atom. The Morgan fingerprint density at radius 3 is 2.67 bits per heavy atom. The van der Waals surface area contributed by atoms with Gasteiger partial charge in [0.15, 0.2) is 0 Å². The summed E-state index contributed by atoms with van der Waals surface area (Å²) in [5.74, 6) is 0.764. The van der Waals surface area contributed by atoms with Gasteiger partial charge in [-0.3, -0.25) is 0 Å². The van der Waals surface area contributed by atoms with E-state index in [1.807, 2.05) is 0 Å². The second kappa shape index (κ2) is 3.78. The first-order valence-corrected chi connectivity index (χ1v) is 5.20. The van der Waals surface area contributed by atoms with Crippen molar-refractivity contribution in [3.8, 4) is 0 Å². The van der Waals surface area contributed by atoms with Crippen LogP contribution in [-0.2, 0) is 0 Å². The van der Waals surface area contributed by atoms with Crippen molar-refractivity contribution in [1.29, 1.82) is 0 Å². The molecule has 0 radical (unpaired) electrons. The van der Waals surface area contributed by atoms with Crippen molar-refractivity contribution >= 4 is 0 Å². The zero-order chi connectivity index (χ0) is 9.19. The second-order valence-corrected chi connectivity index (χ2v) is 5.16. The van der Waals surface area contributed by atoms with Crippen molar-refractivity contribution in [3.63, 3.8) is 0 Å². The summed E-state index contributed by atoms with van der Waals surface area (Å²) in [4.78, 5) is 0. The van der Waals surface area contributed by atoms with Crippen LogP contribution < -0.4 is 0 Å². The Kier molecular flexibility index (Phi) is 3.16. The fourth-order valence-electron chi connectivity index (χ4n) is 2.71. The first kappa shape index (κ1) is 10.0. The molecule has 72 valence electrons. The number of rotatable bonds is 2. The van der Waals surface area contributed by atoms with Crippen LogP contribution in [-0.4, -0.2) is 11.2 Å². The van der Waals surface area contributed by atoms with Gasteiger partial charge in [0.25, 0.3) is 0 Å². The van der Waals surface area contributed by atoms with Crippen molar-refractivity contribution in [2.45, 2.75) is 59.0 Å². The highest BCUT2D eigenvalue weighted by Crippen LogP contribution is 2.40. The van der Waals surface area contributed by atoms with Gasteiger partial charge in [-0.25, -0.2) is 0 Å². The first-order chi connectivity index (χ1) is 5.52. The van der Waals surface area contributed by atoms with Gasteiger partial charge in [0.2, 0.25) is 0 Å². The fourth-order valence-corrected chi connectivity index (χ4v) is 2.71. The third-order valence-corrected chi connectivity index (χ3v) is 2.95. The van der Waals surface area contributed by atoms with Crippen molar-refractivity contribution in [3.05, 3.63) is 0 Å². The summed E-state index contributed by atoms with van der Waals surface area (Å²) in [7, 11) is 0. The standard InChI is InChI=1S/C11H22O/c1-9(2)7-11(3)6-4-5-10(12)8-11/h9-10,12H,4-8H2,1-3H3. The monoisotopic (exact) mass is 170 g/mol. The molecule has 0 aromatic heterocycles. The maximum Gasteiger partial charge on any atom is 0.0545 e. The van der Waals surface area contributed by atoms with E-state index in [0.717, 1.165) is 18.8 Å². The highest BCUT2D eigenvalue weighted by molar-refractivity contribution is 4.83. The van der Waals surface area contributed by atoms with Gasteiger partial charge < -0.3 is 5.11 Å². The van der Waals surface area contributed by atoms with E-state index in [0.29, 0.717) is 5.41 Å². The van der Waals surface area contributed by atoms with Crippen LogP contribution in [0.2, 0.25) is 0 Å². The molecule has 1 fully saturated rings. The molecule has 1 nitrogen and oxygen atoms in total. The van der Waals surface area contributed by atoms with Crippen molar-refractivity contribution in [2.24, 2.45) is 11.3 Å². The van der Waals surface area contributed by atoms with Gasteiger partial charge in [0, 0.05) is 0 Å². The van der Waals surface area contributed by atoms with Gasteiger partial charge in [-0.15, -0.1) is 0 Å². The summed E-state index contributed by atoms with van der Waals surface area (Å²) in [6.45, 7) is 6.87. The highest BCUT2D eigenvalue weighted by Gasteiger charge is 2.31. The normalized spacial score (nSPS) is 37.2. The van der Waals surface area contributed by atoms with Crippen LogP contribution in [0.15, 0.2) is 0 Å². The second-order valence-electron chi connectivity index (χ2n) is 5.16. The van der Waals surface area contributed by atoms with Crippen LogP contribution in [0, 0.1) is 11.3 Å². The Labute approximate surface area is 76.2 Å². The summed E-state index contributed by atoms with van der Waals surface area (Å²) < 4.78 is 0. The lowest BCUT2D eigenvalue weighted by Crippen LogP contribution is -2.29. The van der Waals surface area contributed by atoms with Gasteiger partial charge in [-0.05, 0) is 37.0 Å². The maximum absolute atomic E-state index is 9.56. The summed E-state index contributed by atoms with van der Waals surface area (Å²) in [6, 6.07) is 0. The zero-order valence-corrected chi connectivity index (χ0v) is 8.64. The van der Waals surface area contributed by atoms with Crippen molar-refractivity contribution in [1.82, 2.24) is 0 Å². The molecular formula is C11H22O. The molecule has 0 heterocycles. The summed E-state index contributed by atoms with van der Waals surface area (Å²) >= 11 is 0. The highest BCUT2D eigenvalue weighted by atomic mass is 16.3. The molecule has 1 rings (SSSR count). The Morgan fingerprint density at radius 1 is 1.50 bits per heavy atom. The molecule has 0 aliphatic heterocycles.